The highest BCUT2D eigenvalue weighted by molar-refractivity contribution is 5.56. The second kappa shape index (κ2) is 3.12. The molecule has 0 fully saturated rings. The molecule has 0 saturated carbocycles. The third-order valence-corrected chi connectivity index (χ3v) is 1.28. The van der Waals surface area contributed by atoms with Gasteiger partial charge < -0.3 is 15.4 Å². The average Bonchev–Trinajstić information content (AvgIpc) is 2.03. The molecule has 0 atom stereocenters. The maximum absolute atomic E-state index is 12.5. The highest BCUT2D eigenvalue weighted by Crippen LogP contribution is 2.20. The molecule has 1 heterocycles. The second-order valence-corrected chi connectivity index (χ2v) is 2.03. The molecular weight excluding hydrogens is 165 g/mol. The average molecular weight is 171 g/mol. The summed E-state index contributed by atoms with van der Waals surface area (Å²) in [4.78, 5) is 12.9. The maximum Gasteiger partial charge on any atom is 0.387 e. The first kappa shape index (κ1) is 8.38. The molecule has 1 aromatic heterocycles. The van der Waals surface area contributed by atoms with E-state index in [1.54, 1.807) is 0 Å². The highest BCUT2D eigenvalue weighted by Gasteiger charge is 2.14. The van der Waals surface area contributed by atoms with Gasteiger partial charge in [0.1, 0.15) is 5.69 Å². The van der Waals surface area contributed by atoms with Crippen LogP contribution in [0.25, 0.3) is 0 Å². The van der Waals surface area contributed by atoms with Crippen molar-refractivity contribution in [3.8, 4) is 0 Å². The number of nitrogens with one attached hydrogen (secondary N) is 1. The summed E-state index contributed by atoms with van der Waals surface area (Å²) in [5.74, 6) is -0.983. The Hall–Kier alpha value is -1.72. The van der Waals surface area contributed by atoms with Gasteiger partial charge in [0.15, 0.2) is 12.0 Å². The van der Waals surface area contributed by atoms with Crippen LogP contribution in [0.3, 0.4) is 0 Å². The summed E-state index contributed by atoms with van der Waals surface area (Å²) in [6.45, 7) is 0. The van der Waals surface area contributed by atoms with Crippen LogP contribution in [-0.4, -0.2) is 17.0 Å². The fraction of sp³-hybridized carbons (Fsp3) is 0.167. The lowest BCUT2D eigenvalue weighted by Crippen LogP contribution is -1.99. The summed E-state index contributed by atoms with van der Waals surface area (Å²) in [6.07, 6.45) is 0.805. The van der Waals surface area contributed by atoms with Crippen LogP contribution >= 0.6 is 0 Å². The van der Waals surface area contributed by atoms with Gasteiger partial charge in [0.05, 0.1) is 0 Å². The zero-order valence-corrected chi connectivity index (χ0v) is 6.24. The molecule has 0 unspecified atom stereocenters. The highest BCUT2D eigenvalue weighted by atomic mass is 19.1. The molecule has 0 aromatic carbocycles. The number of nitro groups is 1. The van der Waals surface area contributed by atoms with Crippen molar-refractivity contribution in [1.29, 1.82) is 0 Å². The normalized spacial score (nSPS) is 9.50. The molecule has 0 aliphatic heterocycles. The van der Waals surface area contributed by atoms with E-state index in [9.17, 15) is 14.5 Å². The van der Waals surface area contributed by atoms with E-state index in [1.807, 2.05) is 0 Å². The molecule has 0 spiro atoms. The molecule has 1 aromatic rings. The number of aromatic nitrogens is 1. The number of hydrogen-bond acceptors (Lipinski definition) is 4. The molecule has 0 aliphatic carbocycles. The van der Waals surface area contributed by atoms with Gasteiger partial charge in [-0.05, 0) is 9.91 Å². The predicted octanol–water partition coefficient (Wildman–Crippen LogP) is 1.17. The smallest absolute Gasteiger partial charge is 0.381 e. The first-order chi connectivity index (χ1) is 5.65. The first-order valence-electron chi connectivity index (χ1n) is 3.13. The molecule has 1 N–H and O–H groups in total. The Morgan fingerprint density at radius 2 is 2.42 bits per heavy atom. The summed E-state index contributed by atoms with van der Waals surface area (Å²) in [6, 6.07) is 1.02. The molecule has 0 bridgehead atoms. The standard InChI is InChI=1S/C6H6FN3O2/c1-8-5-2-4(7)3-9-6(5)10(11)12/h2-3,8H,1H3. The van der Waals surface area contributed by atoms with Crippen molar-refractivity contribution < 1.29 is 9.31 Å². The first-order valence-corrected chi connectivity index (χ1v) is 3.13. The minimum atomic E-state index is -0.675. The third-order valence-electron chi connectivity index (χ3n) is 1.28. The largest absolute Gasteiger partial charge is 0.387 e. The van der Waals surface area contributed by atoms with Gasteiger partial charge in [-0.25, -0.2) is 4.39 Å². The topological polar surface area (TPSA) is 68.1 Å². The number of rotatable bonds is 2. The van der Waals surface area contributed by atoms with Crippen molar-refractivity contribution >= 4 is 11.5 Å². The van der Waals surface area contributed by atoms with Gasteiger partial charge in [0.2, 0.25) is 0 Å². The van der Waals surface area contributed by atoms with Crippen LogP contribution < -0.4 is 5.32 Å². The summed E-state index contributed by atoms with van der Waals surface area (Å²) in [7, 11) is 1.46. The fourth-order valence-corrected chi connectivity index (χ4v) is 0.762. The van der Waals surface area contributed by atoms with Gasteiger partial charge in [-0.3, -0.25) is 0 Å². The number of anilines is 1. The lowest BCUT2D eigenvalue weighted by atomic mass is 10.4. The Balaban J connectivity index is 3.20. The van der Waals surface area contributed by atoms with Crippen LogP contribution in [-0.2, 0) is 0 Å². The van der Waals surface area contributed by atoms with Crippen LogP contribution in [0.2, 0.25) is 0 Å². The van der Waals surface area contributed by atoms with Crippen molar-refractivity contribution in [2.45, 2.75) is 0 Å². The number of halogens is 1. The van der Waals surface area contributed by atoms with Gasteiger partial charge in [-0.1, -0.05) is 0 Å². The van der Waals surface area contributed by atoms with Crippen LogP contribution in [0.5, 0.6) is 0 Å². The Morgan fingerprint density at radius 3 is 2.92 bits per heavy atom. The van der Waals surface area contributed by atoms with Crippen molar-refractivity contribution in [1.82, 2.24) is 4.98 Å². The van der Waals surface area contributed by atoms with E-state index in [1.165, 1.54) is 7.05 Å². The quantitative estimate of drug-likeness (QED) is 0.535. The van der Waals surface area contributed by atoms with Crippen molar-refractivity contribution in [3.05, 3.63) is 28.2 Å². The zero-order chi connectivity index (χ0) is 9.14. The molecule has 0 aliphatic rings. The van der Waals surface area contributed by atoms with E-state index >= 15 is 0 Å². The lowest BCUT2D eigenvalue weighted by Gasteiger charge is -1.99. The monoisotopic (exact) mass is 171 g/mol. The van der Waals surface area contributed by atoms with E-state index in [4.69, 9.17) is 0 Å². The Kier molecular flexibility index (Phi) is 2.18. The summed E-state index contributed by atoms with van der Waals surface area (Å²) < 4.78 is 12.5. The van der Waals surface area contributed by atoms with E-state index in [0.717, 1.165) is 12.3 Å². The molecule has 12 heavy (non-hydrogen) atoms. The lowest BCUT2D eigenvalue weighted by molar-refractivity contribution is -0.388. The fourth-order valence-electron chi connectivity index (χ4n) is 0.762. The van der Waals surface area contributed by atoms with Crippen molar-refractivity contribution in [3.63, 3.8) is 0 Å². The van der Waals surface area contributed by atoms with Crippen LogP contribution in [0, 0.1) is 15.9 Å². The summed E-state index contributed by atoms with van der Waals surface area (Å²) >= 11 is 0. The summed E-state index contributed by atoms with van der Waals surface area (Å²) in [5.41, 5.74) is 0.0694. The van der Waals surface area contributed by atoms with Gasteiger partial charge in [-0.15, -0.1) is 0 Å². The van der Waals surface area contributed by atoms with Crippen molar-refractivity contribution in [2.75, 3.05) is 12.4 Å². The molecule has 64 valence electrons. The molecule has 5 nitrogen and oxygen atoms in total. The van der Waals surface area contributed by atoms with Gasteiger partial charge >= 0.3 is 5.82 Å². The van der Waals surface area contributed by atoms with Gasteiger partial charge in [0.25, 0.3) is 0 Å². The molecule has 0 saturated heterocycles. The SMILES string of the molecule is CNc1cc(F)cnc1[N+](=O)[O-]. The number of nitrogens with zero attached hydrogens (tertiary/aromatic N) is 2. The Morgan fingerprint density at radius 1 is 1.75 bits per heavy atom. The molecule has 6 heteroatoms. The van der Waals surface area contributed by atoms with Crippen LogP contribution in [0.15, 0.2) is 12.3 Å². The van der Waals surface area contributed by atoms with E-state index in [0.29, 0.717) is 0 Å². The minimum Gasteiger partial charge on any atom is -0.381 e. The summed E-state index contributed by atoms with van der Waals surface area (Å²) in [5, 5.41) is 12.7. The van der Waals surface area contributed by atoms with Crippen LogP contribution in [0.1, 0.15) is 0 Å². The predicted molar refractivity (Wildman–Crippen MR) is 40.4 cm³/mol. The third kappa shape index (κ3) is 1.47. The molecule has 0 radical (unpaired) electrons. The van der Waals surface area contributed by atoms with Crippen molar-refractivity contribution in [2.24, 2.45) is 0 Å². The second-order valence-electron chi connectivity index (χ2n) is 2.03. The van der Waals surface area contributed by atoms with Gasteiger partial charge in [0, 0.05) is 13.1 Å². The maximum atomic E-state index is 12.5. The number of pyridine rings is 1. The Bertz CT molecular complexity index is 316. The van der Waals surface area contributed by atoms with E-state index in [-0.39, 0.29) is 11.5 Å². The van der Waals surface area contributed by atoms with E-state index in [2.05, 4.69) is 10.3 Å². The number of hydrogen-bond donors (Lipinski definition) is 1. The molecular formula is C6H6FN3O2. The Labute approximate surface area is 67.4 Å². The zero-order valence-electron chi connectivity index (χ0n) is 6.24. The van der Waals surface area contributed by atoms with Crippen LogP contribution in [0.4, 0.5) is 15.9 Å². The van der Waals surface area contributed by atoms with E-state index < -0.39 is 10.7 Å². The minimum absolute atomic E-state index is 0.0694. The molecule has 1 rings (SSSR count). The van der Waals surface area contributed by atoms with Gasteiger partial charge in [-0.2, -0.15) is 0 Å². The molecule has 0 amide bonds.